The van der Waals surface area contributed by atoms with Crippen LogP contribution in [0.25, 0.3) is 5.82 Å². The van der Waals surface area contributed by atoms with Crippen LogP contribution in [-0.2, 0) is 6.54 Å². The Hall–Kier alpha value is -3.91. The molecule has 0 aliphatic carbocycles. The fraction of sp³-hybridized carbons (Fsp3) is 0.130. The van der Waals surface area contributed by atoms with Gasteiger partial charge in [0.05, 0.1) is 17.0 Å². The smallest absolute Gasteiger partial charge is 0.291 e. The second-order valence-corrected chi connectivity index (χ2v) is 7.56. The summed E-state index contributed by atoms with van der Waals surface area (Å²) < 4.78 is 6.74. The summed E-state index contributed by atoms with van der Waals surface area (Å²) in [6, 6.07) is 15.6. The minimum atomic E-state index is -0.395. The van der Waals surface area contributed by atoms with Crippen molar-refractivity contribution in [3.05, 3.63) is 94.3 Å². The number of nitrogens with one attached hydrogen (secondary N) is 2. The van der Waals surface area contributed by atoms with Crippen molar-refractivity contribution in [1.29, 1.82) is 0 Å². The van der Waals surface area contributed by atoms with Crippen LogP contribution >= 0.6 is 11.6 Å². The summed E-state index contributed by atoms with van der Waals surface area (Å²) in [4.78, 5) is 29.1. The number of amides is 2. The molecule has 9 heteroatoms. The minimum Gasteiger partial charge on any atom is -0.459 e. The third-order valence-corrected chi connectivity index (χ3v) is 4.99. The maximum Gasteiger partial charge on any atom is 0.291 e. The summed E-state index contributed by atoms with van der Waals surface area (Å²) in [7, 11) is 0. The molecule has 4 rings (SSSR count). The largest absolute Gasteiger partial charge is 0.459 e. The lowest BCUT2D eigenvalue weighted by Crippen LogP contribution is -2.24. The quantitative estimate of drug-likeness (QED) is 0.456. The highest BCUT2D eigenvalue weighted by Gasteiger charge is 2.15. The van der Waals surface area contributed by atoms with E-state index in [0.29, 0.717) is 11.5 Å². The Bertz CT molecular complexity index is 1260. The molecule has 3 heterocycles. The first-order valence-electron chi connectivity index (χ1n) is 9.83. The molecule has 0 spiro atoms. The van der Waals surface area contributed by atoms with Gasteiger partial charge in [0.2, 0.25) is 0 Å². The van der Waals surface area contributed by atoms with Crippen molar-refractivity contribution in [1.82, 2.24) is 20.1 Å². The van der Waals surface area contributed by atoms with Crippen LogP contribution in [-0.4, -0.2) is 26.6 Å². The van der Waals surface area contributed by atoms with E-state index >= 15 is 0 Å². The average Bonchev–Trinajstić information content (AvgIpc) is 3.43. The third-order valence-electron chi connectivity index (χ3n) is 4.68. The molecule has 162 valence electrons. The van der Waals surface area contributed by atoms with Crippen molar-refractivity contribution in [2.75, 3.05) is 5.32 Å². The molecule has 0 saturated carbocycles. The SMILES string of the molecule is Cc1cc(C)n(-c2ccc(Cl)c(C(=O)NCc3ccc(NC(=O)c4ccco4)cc3)n2)n1. The van der Waals surface area contributed by atoms with Gasteiger partial charge in [-0.15, -0.1) is 0 Å². The van der Waals surface area contributed by atoms with Crippen LogP contribution in [0.15, 0.2) is 65.3 Å². The van der Waals surface area contributed by atoms with Gasteiger partial charge in [-0.25, -0.2) is 9.67 Å². The Morgan fingerprint density at radius 2 is 1.84 bits per heavy atom. The molecular weight excluding hydrogens is 430 g/mol. The number of aromatic nitrogens is 3. The van der Waals surface area contributed by atoms with E-state index in [0.717, 1.165) is 17.0 Å². The number of rotatable bonds is 6. The van der Waals surface area contributed by atoms with Gasteiger partial charge in [0.15, 0.2) is 11.6 Å². The summed E-state index contributed by atoms with van der Waals surface area (Å²) >= 11 is 6.22. The Morgan fingerprint density at radius 1 is 1.06 bits per heavy atom. The van der Waals surface area contributed by atoms with Crippen molar-refractivity contribution in [3.8, 4) is 5.82 Å². The van der Waals surface area contributed by atoms with Crippen LogP contribution in [0.4, 0.5) is 5.69 Å². The Kier molecular flexibility index (Phi) is 6.04. The third kappa shape index (κ3) is 4.70. The second-order valence-electron chi connectivity index (χ2n) is 7.15. The van der Waals surface area contributed by atoms with Crippen molar-refractivity contribution >= 4 is 29.1 Å². The lowest BCUT2D eigenvalue weighted by atomic mass is 10.2. The molecule has 8 nitrogen and oxygen atoms in total. The molecule has 32 heavy (non-hydrogen) atoms. The molecule has 0 atom stereocenters. The number of carbonyl (C=O) groups excluding carboxylic acids is 2. The van der Waals surface area contributed by atoms with Gasteiger partial charge in [-0.3, -0.25) is 9.59 Å². The van der Waals surface area contributed by atoms with Gasteiger partial charge in [-0.1, -0.05) is 23.7 Å². The zero-order chi connectivity index (χ0) is 22.7. The van der Waals surface area contributed by atoms with Crippen LogP contribution in [0.1, 0.15) is 38.0 Å². The number of nitrogens with zero attached hydrogens (tertiary/aromatic N) is 3. The Balaban J connectivity index is 1.41. The molecule has 1 aromatic carbocycles. The van der Waals surface area contributed by atoms with E-state index in [4.69, 9.17) is 16.0 Å². The first kappa shape index (κ1) is 21.3. The van der Waals surface area contributed by atoms with E-state index in [2.05, 4.69) is 20.7 Å². The number of hydrogen-bond donors (Lipinski definition) is 2. The van der Waals surface area contributed by atoms with Crippen LogP contribution in [0.5, 0.6) is 0 Å². The van der Waals surface area contributed by atoms with Gasteiger partial charge in [0.1, 0.15) is 5.69 Å². The molecular formula is C23H20ClN5O3. The molecule has 0 unspecified atom stereocenters. The second kappa shape index (κ2) is 9.07. The fourth-order valence-corrected chi connectivity index (χ4v) is 3.33. The normalized spacial score (nSPS) is 10.7. The van der Waals surface area contributed by atoms with Crippen LogP contribution in [0, 0.1) is 13.8 Å². The minimum absolute atomic E-state index is 0.124. The Morgan fingerprint density at radius 3 is 2.50 bits per heavy atom. The van der Waals surface area contributed by atoms with Gasteiger partial charge >= 0.3 is 0 Å². The number of furan rings is 1. The van der Waals surface area contributed by atoms with E-state index in [-0.39, 0.29) is 28.9 Å². The molecule has 0 bridgehead atoms. The van der Waals surface area contributed by atoms with Crippen LogP contribution in [0.3, 0.4) is 0 Å². The maximum absolute atomic E-state index is 12.7. The van der Waals surface area contributed by atoms with E-state index in [1.807, 2.05) is 19.9 Å². The molecule has 2 amide bonds. The highest BCUT2D eigenvalue weighted by atomic mass is 35.5. The molecule has 2 N–H and O–H groups in total. The molecule has 0 saturated heterocycles. The number of halogens is 1. The van der Waals surface area contributed by atoms with E-state index < -0.39 is 5.91 Å². The predicted molar refractivity (Wildman–Crippen MR) is 120 cm³/mol. The fourth-order valence-electron chi connectivity index (χ4n) is 3.14. The number of carbonyl (C=O) groups is 2. The number of benzene rings is 1. The number of anilines is 1. The summed E-state index contributed by atoms with van der Waals surface area (Å²) in [5.74, 6) is 0.0167. The van der Waals surface area contributed by atoms with Gasteiger partial charge in [-0.2, -0.15) is 5.10 Å². The van der Waals surface area contributed by atoms with Crippen molar-refractivity contribution in [3.63, 3.8) is 0 Å². The highest BCUT2D eigenvalue weighted by Crippen LogP contribution is 2.18. The van der Waals surface area contributed by atoms with Gasteiger partial charge in [0.25, 0.3) is 11.8 Å². The summed E-state index contributed by atoms with van der Waals surface area (Å²) in [6.45, 7) is 4.07. The number of hydrogen-bond acceptors (Lipinski definition) is 5. The van der Waals surface area contributed by atoms with Crippen LogP contribution < -0.4 is 10.6 Å². The average molecular weight is 450 g/mol. The topological polar surface area (TPSA) is 102 Å². The monoisotopic (exact) mass is 449 g/mol. The van der Waals surface area contributed by atoms with Gasteiger partial charge < -0.3 is 15.1 Å². The lowest BCUT2D eigenvalue weighted by molar-refractivity contribution is 0.0945. The Labute approximate surface area is 189 Å². The predicted octanol–water partition coefficient (Wildman–Crippen LogP) is 4.31. The summed E-state index contributed by atoms with van der Waals surface area (Å²) in [6.07, 6.45) is 1.44. The number of pyridine rings is 1. The van der Waals surface area contributed by atoms with Crippen molar-refractivity contribution in [2.45, 2.75) is 20.4 Å². The van der Waals surface area contributed by atoms with Crippen molar-refractivity contribution < 1.29 is 14.0 Å². The first-order chi connectivity index (χ1) is 15.4. The first-order valence-corrected chi connectivity index (χ1v) is 10.2. The molecule has 0 aliphatic heterocycles. The zero-order valence-corrected chi connectivity index (χ0v) is 18.2. The lowest BCUT2D eigenvalue weighted by Gasteiger charge is -2.10. The number of aryl methyl sites for hydroxylation is 2. The van der Waals surface area contributed by atoms with E-state index in [1.54, 1.807) is 53.2 Å². The van der Waals surface area contributed by atoms with Gasteiger partial charge in [-0.05, 0) is 61.9 Å². The molecule has 0 aliphatic rings. The van der Waals surface area contributed by atoms with Crippen LogP contribution in [0.2, 0.25) is 5.02 Å². The van der Waals surface area contributed by atoms with E-state index in [1.165, 1.54) is 6.26 Å². The van der Waals surface area contributed by atoms with Crippen molar-refractivity contribution in [2.24, 2.45) is 0 Å². The maximum atomic E-state index is 12.7. The standard InChI is InChI=1S/C23H20ClN5O3/c1-14-12-15(2)29(28-14)20-10-9-18(24)21(27-20)23(31)25-13-16-5-7-17(8-6-16)26-22(30)19-4-3-11-32-19/h3-12H,13H2,1-2H3,(H,25,31)(H,26,30). The summed E-state index contributed by atoms with van der Waals surface area (Å²) in [5.41, 5.74) is 3.35. The molecule has 4 aromatic rings. The zero-order valence-electron chi connectivity index (χ0n) is 17.4. The molecule has 0 fully saturated rings. The molecule has 0 radical (unpaired) electrons. The molecule has 3 aromatic heterocycles. The van der Waals surface area contributed by atoms with E-state index in [9.17, 15) is 9.59 Å². The van der Waals surface area contributed by atoms with Gasteiger partial charge in [0, 0.05) is 17.9 Å². The highest BCUT2D eigenvalue weighted by molar-refractivity contribution is 6.33. The summed E-state index contributed by atoms with van der Waals surface area (Å²) in [5, 5.41) is 10.2.